The van der Waals surface area contributed by atoms with Gasteiger partial charge in [0, 0.05) is 18.4 Å². The summed E-state index contributed by atoms with van der Waals surface area (Å²) in [5.74, 6) is -1.43. The first-order valence-electron chi connectivity index (χ1n) is 7.78. The van der Waals surface area contributed by atoms with Gasteiger partial charge in [0.2, 0.25) is 5.88 Å². The monoisotopic (exact) mass is 388 g/mol. The lowest BCUT2D eigenvalue weighted by Gasteiger charge is -2.12. The van der Waals surface area contributed by atoms with Gasteiger partial charge in [0.25, 0.3) is 17.0 Å². The summed E-state index contributed by atoms with van der Waals surface area (Å²) in [6.07, 6.45) is 0.833. The van der Waals surface area contributed by atoms with Crippen LogP contribution in [0.2, 0.25) is 0 Å². The third kappa shape index (κ3) is 4.40. The van der Waals surface area contributed by atoms with E-state index < -0.39 is 35.1 Å². The summed E-state index contributed by atoms with van der Waals surface area (Å²) in [4.78, 5) is 50.8. The molecule has 0 saturated carbocycles. The average molecular weight is 388 g/mol. The number of amides is 1. The zero-order chi connectivity index (χ0) is 20.8. The third-order valence-electron chi connectivity index (χ3n) is 3.64. The minimum atomic E-state index is -0.904. The van der Waals surface area contributed by atoms with E-state index in [1.165, 1.54) is 7.11 Å². The molecule has 0 saturated heterocycles. The molecule has 0 spiro atoms. The summed E-state index contributed by atoms with van der Waals surface area (Å²) >= 11 is 0. The van der Waals surface area contributed by atoms with E-state index in [9.17, 15) is 29.5 Å². The fourth-order valence-electron chi connectivity index (χ4n) is 2.37. The van der Waals surface area contributed by atoms with Gasteiger partial charge < -0.3 is 14.4 Å². The average Bonchev–Trinajstić information content (AvgIpc) is 2.61. The Bertz CT molecular complexity index is 1150. The number of pyridine rings is 1. The van der Waals surface area contributed by atoms with Gasteiger partial charge in [0.15, 0.2) is 0 Å². The molecule has 1 amide bonds. The molecule has 0 aliphatic heterocycles. The van der Waals surface area contributed by atoms with Gasteiger partial charge in [-0.2, -0.15) is 10.4 Å². The molecular weight excluding hydrogens is 372 g/mol. The van der Waals surface area contributed by atoms with Crippen molar-refractivity contribution in [1.29, 1.82) is 5.26 Å². The summed E-state index contributed by atoms with van der Waals surface area (Å²) in [5, 5.41) is 22.2. The number of carbonyl (C=O) groups excluding carboxylic acids is 1. The summed E-state index contributed by atoms with van der Waals surface area (Å²) in [6, 6.07) is 3.37. The molecule has 2 heterocycles. The van der Waals surface area contributed by atoms with Gasteiger partial charge in [-0.3, -0.25) is 24.4 Å². The predicted octanol–water partition coefficient (Wildman–Crippen LogP) is -1.59. The van der Waals surface area contributed by atoms with Gasteiger partial charge in [-0.1, -0.05) is 0 Å². The van der Waals surface area contributed by atoms with Crippen LogP contribution in [0.5, 0.6) is 5.88 Å². The summed E-state index contributed by atoms with van der Waals surface area (Å²) in [6.45, 7) is 1.24. The molecule has 2 rings (SSSR count). The number of ether oxygens (including phenoxy) is 1. The van der Waals surface area contributed by atoms with Crippen molar-refractivity contribution in [1.82, 2.24) is 20.0 Å². The van der Waals surface area contributed by atoms with E-state index in [2.05, 4.69) is 10.5 Å². The highest BCUT2D eigenvalue weighted by Crippen LogP contribution is 2.08. The first-order chi connectivity index (χ1) is 13.3. The van der Waals surface area contributed by atoms with Crippen molar-refractivity contribution in [2.75, 3.05) is 7.11 Å². The van der Waals surface area contributed by atoms with Crippen molar-refractivity contribution in [2.45, 2.75) is 20.1 Å². The molecular formula is C16H16N6O6. The van der Waals surface area contributed by atoms with Crippen LogP contribution in [0.3, 0.4) is 0 Å². The smallest absolute Gasteiger partial charge is 0.328 e. The van der Waals surface area contributed by atoms with Gasteiger partial charge in [-0.05, 0) is 13.0 Å². The molecule has 4 N–H and O–H groups in total. The number of aryl methyl sites for hydroxylation is 1. The van der Waals surface area contributed by atoms with E-state index in [1.54, 1.807) is 19.1 Å². The Morgan fingerprint density at radius 1 is 1.43 bits per heavy atom. The number of aromatic amines is 2. The molecule has 0 unspecified atom stereocenters. The molecule has 0 radical (unpaired) electrons. The Kier molecular flexibility index (Phi) is 6.25. The second-order valence-electron chi connectivity index (χ2n) is 5.59. The number of nitrogens with zero attached hydrogens (tertiary/aromatic N) is 3. The third-order valence-corrected chi connectivity index (χ3v) is 3.64. The molecule has 0 aromatic carbocycles. The quantitative estimate of drug-likeness (QED) is 0.339. The van der Waals surface area contributed by atoms with E-state index in [1.807, 2.05) is 9.97 Å². The molecule has 2 aromatic heterocycles. The van der Waals surface area contributed by atoms with Crippen molar-refractivity contribution in [3.8, 4) is 11.9 Å². The largest absolute Gasteiger partial charge is 0.494 e. The zero-order valence-corrected chi connectivity index (χ0v) is 14.9. The summed E-state index contributed by atoms with van der Waals surface area (Å²) in [5.41, 5.74) is -0.0206. The number of rotatable bonds is 6. The normalized spacial score (nSPS) is 10.8. The molecule has 12 heteroatoms. The first kappa shape index (κ1) is 20.3. The molecule has 146 valence electrons. The SMILES string of the molecule is COCc1cc(C)n(CC(=O)N/N=C/c2c(O)[nH]c(=O)[nH]c2=O)c(=O)c1C#N. The van der Waals surface area contributed by atoms with Crippen LogP contribution in [0, 0.1) is 18.3 Å². The number of hydrogen-bond acceptors (Lipinski definition) is 8. The van der Waals surface area contributed by atoms with E-state index in [0.717, 1.165) is 10.8 Å². The van der Waals surface area contributed by atoms with Gasteiger partial charge >= 0.3 is 5.69 Å². The Morgan fingerprint density at radius 2 is 2.14 bits per heavy atom. The Morgan fingerprint density at radius 3 is 2.75 bits per heavy atom. The molecule has 0 aliphatic rings. The van der Waals surface area contributed by atoms with Crippen LogP contribution >= 0.6 is 0 Å². The van der Waals surface area contributed by atoms with Crippen LogP contribution in [0.4, 0.5) is 0 Å². The van der Waals surface area contributed by atoms with E-state index in [-0.39, 0.29) is 17.7 Å². The maximum Gasteiger partial charge on any atom is 0.328 e. The van der Waals surface area contributed by atoms with Crippen LogP contribution in [0.1, 0.15) is 22.4 Å². The predicted molar refractivity (Wildman–Crippen MR) is 96.0 cm³/mol. The molecule has 0 atom stereocenters. The molecule has 0 aliphatic carbocycles. The molecule has 28 heavy (non-hydrogen) atoms. The highest BCUT2D eigenvalue weighted by Gasteiger charge is 2.15. The lowest BCUT2D eigenvalue weighted by Crippen LogP contribution is -2.33. The molecule has 2 aromatic rings. The maximum absolute atomic E-state index is 12.4. The second-order valence-corrected chi connectivity index (χ2v) is 5.59. The fraction of sp³-hybridized carbons (Fsp3) is 0.250. The minimum absolute atomic E-state index is 0.0769. The maximum atomic E-state index is 12.4. The lowest BCUT2D eigenvalue weighted by molar-refractivity contribution is -0.121. The minimum Gasteiger partial charge on any atom is -0.494 e. The fourth-order valence-corrected chi connectivity index (χ4v) is 2.37. The van der Waals surface area contributed by atoms with Crippen LogP contribution in [0.25, 0.3) is 0 Å². The summed E-state index contributed by atoms with van der Waals surface area (Å²) in [7, 11) is 1.43. The van der Waals surface area contributed by atoms with Gasteiger partial charge in [0.05, 0.1) is 12.8 Å². The van der Waals surface area contributed by atoms with Crippen LogP contribution in [-0.4, -0.2) is 38.9 Å². The number of nitriles is 1. The Balaban J connectivity index is 2.20. The Labute approximate surface area is 156 Å². The number of aromatic nitrogens is 3. The summed E-state index contributed by atoms with van der Waals surface area (Å²) < 4.78 is 6.04. The number of nitrogens with one attached hydrogen (secondary N) is 3. The van der Waals surface area contributed by atoms with Crippen LogP contribution in [-0.2, 0) is 22.7 Å². The first-order valence-corrected chi connectivity index (χ1v) is 7.78. The molecule has 12 nitrogen and oxygen atoms in total. The van der Waals surface area contributed by atoms with Crippen molar-refractivity contribution in [3.05, 3.63) is 59.6 Å². The van der Waals surface area contributed by atoms with Gasteiger partial charge in [0.1, 0.15) is 23.7 Å². The number of methoxy groups -OCH3 is 1. The lowest BCUT2D eigenvalue weighted by atomic mass is 10.1. The van der Waals surface area contributed by atoms with Gasteiger partial charge in [-0.15, -0.1) is 0 Å². The van der Waals surface area contributed by atoms with Crippen LogP contribution < -0.4 is 22.2 Å². The van der Waals surface area contributed by atoms with Crippen molar-refractivity contribution in [2.24, 2.45) is 5.10 Å². The van der Waals surface area contributed by atoms with Crippen molar-refractivity contribution in [3.63, 3.8) is 0 Å². The number of aromatic hydroxyl groups is 1. The topological polar surface area (TPSA) is 182 Å². The van der Waals surface area contributed by atoms with Crippen molar-refractivity contribution >= 4 is 12.1 Å². The van der Waals surface area contributed by atoms with Crippen LogP contribution in [0.15, 0.2) is 25.6 Å². The number of carbonyl (C=O) groups is 1. The second kappa shape index (κ2) is 8.60. The highest BCUT2D eigenvalue weighted by molar-refractivity contribution is 5.83. The zero-order valence-electron chi connectivity index (χ0n) is 14.9. The molecule has 0 fully saturated rings. The molecule has 0 bridgehead atoms. The number of H-pyrrole nitrogens is 2. The van der Waals surface area contributed by atoms with E-state index in [0.29, 0.717) is 11.3 Å². The van der Waals surface area contributed by atoms with E-state index >= 15 is 0 Å². The number of hydrogen-bond donors (Lipinski definition) is 4. The Hall–Kier alpha value is -3.98. The van der Waals surface area contributed by atoms with Crippen molar-refractivity contribution < 1.29 is 14.6 Å². The van der Waals surface area contributed by atoms with Gasteiger partial charge in [-0.25, -0.2) is 10.2 Å². The van der Waals surface area contributed by atoms with E-state index in [4.69, 9.17) is 4.74 Å². The highest BCUT2D eigenvalue weighted by atomic mass is 16.5. The standard InChI is InChI=1S/C16H16N6O6/c1-8-3-9(7-28-2)10(4-17)15(26)22(8)6-12(23)21-18-5-11-13(24)19-16(27)20-14(11)25/h3,5H,6-7H2,1-2H3,(H,21,23)(H3,19,20,24,25,27)/b18-5+. The number of hydrazone groups is 1.